The summed E-state index contributed by atoms with van der Waals surface area (Å²) in [5.41, 5.74) is 2.78. The van der Waals surface area contributed by atoms with E-state index in [0.29, 0.717) is 37.4 Å². The number of nitriles is 1. The molecule has 31 heavy (non-hydrogen) atoms. The number of hydrogen-bond donors (Lipinski definition) is 1. The second kappa shape index (κ2) is 10.5. The average molecular weight is 491 g/mol. The fourth-order valence-corrected chi connectivity index (χ4v) is 4.90. The lowest BCUT2D eigenvalue weighted by Crippen LogP contribution is -2.22. The van der Waals surface area contributed by atoms with E-state index in [4.69, 9.17) is 23.2 Å². The minimum Gasteiger partial charge on any atom is -0.301 e. The summed E-state index contributed by atoms with van der Waals surface area (Å²) >= 11 is 14.8. The molecule has 1 atom stereocenters. The number of rotatable bonds is 7. The van der Waals surface area contributed by atoms with Crippen LogP contribution in [-0.4, -0.2) is 21.1 Å². The molecule has 3 rings (SSSR count). The molecule has 9 heteroatoms. The highest BCUT2D eigenvalue weighted by molar-refractivity contribution is 8.00. The number of pyridine rings is 1. The SMILES string of the molecule is CC(C)Cc1ccc(C#N)c(SC(C)C(=O)Nc2nc(-c3ccc(Cl)cc3Cl)cs2)n1. The Balaban J connectivity index is 1.70. The first-order valence-corrected chi connectivity index (χ1v) is 12.1. The van der Waals surface area contributed by atoms with Crippen LogP contribution in [0, 0.1) is 17.2 Å². The fourth-order valence-electron chi connectivity index (χ4n) is 2.77. The number of carbonyl (C=O) groups is 1. The number of thiazole rings is 1. The van der Waals surface area contributed by atoms with Gasteiger partial charge in [0.2, 0.25) is 5.91 Å². The number of amides is 1. The minimum absolute atomic E-state index is 0.215. The molecule has 2 heterocycles. The van der Waals surface area contributed by atoms with Gasteiger partial charge in [-0.15, -0.1) is 11.3 Å². The molecule has 0 bridgehead atoms. The molecule has 0 saturated carbocycles. The molecule has 0 saturated heterocycles. The molecular formula is C22H20Cl2N4OS2. The van der Waals surface area contributed by atoms with Gasteiger partial charge in [-0.3, -0.25) is 4.79 Å². The van der Waals surface area contributed by atoms with Crippen LogP contribution in [0.25, 0.3) is 11.3 Å². The van der Waals surface area contributed by atoms with Crippen LogP contribution in [0.1, 0.15) is 32.0 Å². The molecule has 1 aromatic carbocycles. The van der Waals surface area contributed by atoms with E-state index < -0.39 is 5.25 Å². The van der Waals surface area contributed by atoms with Gasteiger partial charge in [0.15, 0.2) is 5.13 Å². The Morgan fingerprint density at radius 1 is 1.23 bits per heavy atom. The van der Waals surface area contributed by atoms with E-state index in [1.54, 1.807) is 31.2 Å². The number of thioether (sulfide) groups is 1. The second-order valence-electron chi connectivity index (χ2n) is 7.28. The summed E-state index contributed by atoms with van der Waals surface area (Å²) in [6.45, 7) is 6.01. The summed E-state index contributed by atoms with van der Waals surface area (Å²) < 4.78 is 0. The predicted octanol–water partition coefficient (Wildman–Crippen LogP) is 6.70. The minimum atomic E-state index is -0.458. The number of carbonyl (C=O) groups excluding carboxylic acids is 1. The van der Waals surface area contributed by atoms with Gasteiger partial charge in [-0.05, 0) is 49.6 Å². The topological polar surface area (TPSA) is 78.7 Å². The molecule has 0 fully saturated rings. The molecule has 0 aliphatic rings. The van der Waals surface area contributed by atoms with Crippen LogP contribution in [0.4, 0.5) is 5.13 Å². The summed E-state index contributed by atoms with van der Waals surface area (Å²) in [5, 5.41) is 15.7. The van der Waals surface area contributed by atoms with Crippen molar-refractivity contribution < 1.29 is 4.79 Å². The van der Waals surface area contributed by atoms with E-state index in [-0.39, 0.29) is 5.91 Å². The smallest absolute Gasteiger partial charge is 0.239 e. The van der Waals surface area contributed by atoms with E-state index in [9.17, 15) is 10.1 Å². The van der Waals surface area contributed by atoms with Crippen LogP contribution in [0.2, 0.25) is 10.0 Å². The summed E-state index contributed by atoms with van der Waals surface area (Å²) in [6.07, 6.45) is 0.814. The Morgan fingerprint density at radius 2 is 2.00 bits per heavy atom. The third-order valence-corrected chi connectivity index (χ3v) is 6.66. The molecule has 3 aromatic rings. The Labute approximate surface area is 199 Å². The third-order valence-electron chi connectivity index (χ3n) is 4.25. The van der Waals surface area contributed by atoms with Crippen molar-refractivity contribution in [2.45, 2.75) is 37.5 Å². The van der Waals surface area contributed by atoms with Gasteiger partial charge in [0.25, 0.3) is 0 Å². The van der Waals surface area contributed by atoms with Crippen molar-refractivity contribution in [2.75, 3.05) is 5.32 Å². The van der Waals surface area contributed by atoms with Crippen LogP contribution in [0.3, 0.4) is 0 Å². The van der Waals surface area contributed by atoms with Gasteiger partial charge in [0, 0.05) is 21.7 Å². The number of hydrogen-bond acceptors (Lipinski definition) is 6. The zero-order valence-corrected chi connectivity index (χ0v) is 20.3. The predicted molar refractivity (Wildman–Crippen MR) is 129 cm³/mol. The van der Waals surface area contributed by atoms with Gasteiger partial charge >= 0.3 is 0 Å². The molecule has 1 amide bonds. The molecule has 5 nitrogen and oxygen atoms in total. The Kier molecular flexibility index (Phi) is 7.95. The maximum atomic E-state index is 12.7. The standard InChI is InChI=1S/C22H20Cl2N4OS2/c1-12(2)8-16-6-4-14(10-25)21(26-16)31-13(3)20(29)28-22-27-19(11-30-22)17-7-5-15(23)9-18(17)24/h4-7,9,11-13H,8H2,1-3H3,(H,27,28,29). The largest absolute Gasteiger partial charge is 0.301 e. The monoisotopic (exact) mass is 490 g/mol. The zero-order valence-electron chi connectivity index (χ0n) is 17.1. The molecule has 0 aliphatic heterocycles. The van der Waals surface area contributed by atoms with Gasteiger partial charge in [-0.1, -0.05) is 48.8 Å². The normalized spacial score (nSPS) is 11.9. The first kappa shape index (κ1) is 23.6. The lowest BCUT2D eigenvalue weighted by molar-refractivity contribution is -0.115. The van der Waals surface area contributed by atoms with Crippen LogP contribution in [0.5, 0.6) is 0 Å². The van der Waals surface area contributed by atoms with Crippen molar-refractivity contribution in [3.8, 4) is 17.3 Å². The van der Waals surface area contributed by atoms with E-state index in [1.165, 1.54) is 23.1 Å². The average Bonchev–Trinajstić information content (AvgIpc) is 3.15. The highest BCUT2D eigenvalue weighted by Gasteiger charge is 2.20. The van der Waals surface area contributed by atoms with Crippen LogP contribution < -0.4 is 5.32 Å². The number of benzene rings is 1. The van der Waals surface area contributed by atoms with Crippen LogP contribution in [0.15, 0.2) is 40.7 Å². The summed E-state index contributed by atoms with van der Waals surface area (Å²) in [6, 6.07) is 11.0. The molecule has 1 N–H and O–H groups in total. The van der Waals surface area contributed by atoms with Gasteiger partial charge in [-0.25, -0.2) is 9.97 Å². The summed E-state index contributed by atoms with van der Waals surface area (Å²) in [7, 11) is 0. The van der Waals surface area contributed by atoms with Gasteiger partial charge in [0.1, 0.15) is 11.1 Å². The molecule has 0 spiro atoms. The first-order chi connectivity index (χ1) is 14.8. The number of nitrogens with one attached hydrogen (secondary N) is 1. The van der Waals surface area contributed by atoms with Crippen molar-refractivity contribution in [3.05, 3.63) is 57.0 Å². The number of halogens is 2. The van der Waals surface area contributed by atoms with Crippen molar-refractivity contribution in [1.29, 1.82) is 5.26 Å². The van der Waals surface area contributed by atoms with Crippen molar-refractivity contribution in [3.63, 3.8) is 0 Å². The van der Waals surface area contributed by atoms with E-state index >= 15 is 0 Å². The van der Waals surface area contributed by atoms with E-state index in [0.717, 1.165) is 17.7 Å². The fraction of sp³-hybridized carbons (Fsp3) is 0.273. The maximum absolute atomic E-state index is 12.7. The summed E-state index contributed by atoms with van der Waals surface area (Å²) in [5.74, 6) is 0.236. The number of nitrogens with zero attached hydrogens (tertiary/aromatic N) is 3. The Morgan fingerprint density at radius 3 is 2.68 bits per heavy atom. The molecule has 2 aromatic heterocycles. The first-order valence-electron chi connectivity index (χ1n) is 9.55. The van der Waals surface area contributed by atoms with Crippen LogP contribution in [-0.2, 0) is 11.2 Å². The van der Waals surface area contributed by atoms with Crippen molar-refractivity contribution in [2.24, 2.45) is 5.92 Å². The number of anilines is 1. The van der Waals surface area contributed by atoms with Crippen molar-refractivity contribution in [1.82, 2.24) is 9.97 Å². The molecule has 0 aliphatic carbocycles. The lowest BCUT2D eigenvalue weighted by atomic mass is 10.1. The van der Waals surface area contributed by atoms with Gasteiger partial charge < -0.3 is 5.32 Å². The Hall–Kier alpha value is -2.11. The Bertz CT molecular complexity index is 1140. The summed E-state index contributed by atoms with van der Waals surface area (Å²) in [4.78, 5) is 21.8. The maximum Gasteiger partial charge on any atom is 0.239 e. The van der Waals surface area contributed by atoms with E-state index in [1.807, 2.05) is 11.4 Å². The lowest BCUT2D eigenvalue weighted by Gasteiger charge is -2.12. The van der Waals surface area contributed by atoms with E-state index in [2.05, 4.69) is 35.2 Å². The highest BCUT2D eigenvalue weighted by atomic mass is 35.5. The molecular weight excluding hydrogens is 471 g/mol. The number of aromatic nitrogens is 2. The zero-order chi connectivity index (χ0) is 22.5. The highest BCUT2D eigenvalue weighted by Crippen LogP contribution is 2.33. The van der Waals surface area contributed by atoms with Crippen LogP contribution >= 0.6 is 46.3 Å². The second-order valence-corrected chi connectivity index (χ2v) is 10.3. The van der Waals surface area contributed by atoms with Crippen molar-refractivity contribution >= 4 is 57.3 Å². The third kappa shape index (κ3) is 6.20. The quantitative estimate of drug-likeness (QED) is 0.372. The molecule has 1 unspecified atom stereocenters. The molecule has 0 radical (unpaired) electrons. The van der Waals surface area contributed by atoms with Gasteiger partial charge in [0.05, 0.1) is 21.5 Å². The molecule has 160 valence electrons. The van der Waals surface area contributed by atoms with Gasteiger partial charge in [-0.2, -0.15) is 5.26 Å².